The van der Waals surface area contributed by atoms with Gasteiger partial charge in [-0.3, -0.25) is 0 Å². The molecule has 13 heavy (non-hydrogen) atoms. The first-order valence-electron chi connectivity index (χ1n) is 3.30. The van der Waals surface area contributed by atoms with Gasteiger partial charge in [0.2, 0.25) is 0 Å². The van der Waals surface area contributed by atoms with Gasteiger partial charge >= 0.3 is 0 Å². The van der Waals surface area contributed by atoms with Gasteiger partial charge in [0.15, 0.2) is 0 Å². The number of aliphatic hydroxyl groups is 1. The Balaban J connectivity index is 3.25. The van der Waals surface area contributed by atoms with Crippen LogP contribution < -0.4 is 0 Å². The fourth-order valence-corrected chi connectivity index (χ4v) is 1.17. The molecular weight excluding hydrogens is 251 g/mol. The van der Waals surface area contributed by atoms with Crippen molar-refractivity contribution in [2.75, 3.05) is 0 Å². The van der Waals surface area contributed by atoms with Crippen molar-refractivity contribution in [3.8, 4) is 0 Å². The summed E-state index contributed by atoms with van der Waals surface area (Å²) >= 11 is 2.64. The molecule has 0 unspecified atom stereocenters. The third kappa shape index (κ3) is 2.19. The van der Waals surface area contributed by atoms with Gasteiger partial charge in [-0.2, -0.15) is 0 Å². The van der Waals surface area contributed by atoms with Crippen LogP contribution in [-0.2, 0) is 6.61 Å². The predicted octanol–water partition coefficient (Wildman–Crippen LogP) is 2.41. The first-order chi connectivity index (χ1) is 6.06. The highest BCUT2D eigenvalue weighted by molar-refractivity contribution is 9.10. The zero-order chi connectivity index (χ0) is 10.0. The summed E-state index contributed by atoms with van der Waals surface area (Å²) in [4.78, 5) is 3.36. The van der Waals surface area contributed by atoms with E-state index in [2.05, 4.69) is 20.9 Å². The lowest BCUT2D eigenvalue weighted by Gasteiger charge is -2.05. The molecule has 0 atom stereocenters. The largest absolute Gasteiger partial charge is 0.390 e. The Morgan fingerprint density at radius 2 is 2.15 bits per heavy atom. The number of aromatic nitrogens is 1. The maximum absolute atomic E-state index is 12.9. The van der Waals surface area contributed by atoms with Crippen molar-refractivity contribution in [1.29, 1.82) is 0 Å². The van der Waals surface area contributed by atoms with Crippen LogP contribution in [0, 0.1) is 5.82 Å². The Labute approximate surface area is 80.5 Å². The average molecular weight is 256 g/mol. The number of pyridine rings is 1. The molecule has 0 spiro atoms. The average Bonchev–Trinajstić information content (AvgIpc) is 2.09. The Morgan fingerprint density at radius 3 is 2.62 bits per heavy atom. The van der Waals surface area contributed by atoms with Gasteiger partial charge in [0.05, 0.1) is 16.8 Å². The summed E-state index contributed by atoms with van der Waals surface area (Å²) in [7, 11) is 0. The molecule has 0 saturated heterocycles. The molecule has 6 heteroatoms. The van der Waals surface area contributed by atoms with Gasteiger partial charge in [0, 0.05) is 0 Å². The molecule has 1 aromatic rings. The van der Waals surface area contributed by atoms with E-state index in [4.69, 9.17) is 5.11 Å². The predicted molar refractivity (Wildman–Crippen MR) is 42.8 cm³/mol. The molecule has 1 rings (SSSR count). The molecule has 0 aliphatic heterocycles. The van der Waals surface area contributed by atoms with Gasteiger partial charge in [-0.25, -0.2) is 18.2 Å². The van der Waals surface area contributed by atoms with Crippen LogP contribution in [0.3, 0.4) is 0 Å². The van der Waals surface area contributed by atoms with Crippen LogP contribution >= 0.6 is 15.9 Å². The number of hydrogen-bond donors (Lipinski definition) is 1. The third-order valence-electron chi connectivity index (χ3n) is 1.36. The van der Waals surface area contributed by atoms with E-state index in [1.807, 2.05) is 0 Å². The maximum atomic E-state index is 12.9. The van der Waals surface area contributed by atoms with Gasteiger partial charge in [-0.05, 0) is 22.0 Å². The van der Waals surface area contributed by atoms with E-state index < -0.39 is 24.5 Å². The van der Waals surface area contributed by atoms with Crippen LogP contribution in [0.5, 0.6) is 0 Å². The quantitative estimate of drug-likeness (QED) is 0.881. The second-order valence-corrected chi connectivity index (χ2v) is 3.05. The van der Waals surface area contributed by atoms with Crippen molar-refractivity contribution in [2.45, 2.75) is 13.0 Å². The van der Waals surface area contributed by atoms with Gasteiger partial charge in [0.1, 0.15) is 11.5 Å². The molecule has 0 aromatic carbocycles. The van der Waals surface area contributed by atoms with Crippen molar-refractivity contribution < 1.29 is 18.3 Å². The highest BCUT2D eigenvalue weighted by Gasteiger charge is 2.17. The monoisotopic (exact) mass is 255 g/mol. The van der Waals surface area contributed by atoms with E-state index >= 15 is 0 Å². The standard InChI is InChI=1S/C7H5BrF3NO/c8-5-4(9)1-3(2-13)12-6(5)7(10)11/h1,7,13H,2H2. The summed E-state index contributed by atoms with van der Waals surface area (Å²) in [5, 5.41) is 8.57. The molecule has 1 aromatic heterocycles. The van der Waals surface area contributed by atoms with E-state index in [9.17, 15) is 13.2 Å². The lowest BCUT2D eigenvalue weighted by Crippen LogP contribution is -2.00. The number of rotatable bonds is 2. The fraction of sp³-hybridized carbons (Fsp3) is 0.286. The lowest BCUT2D eigenvalue weighted by molar-refractivity contribution is 0.143. The zero-order valence-electron chi connectivity index (χ0n) is 6.27. The number of hydrogen-bond acceptors (Lipinski definition) is 2. The Bertz CT molecular complexity index is 319. The first-order valence-corrected chi connectivity index (χ1v) is 4.09. The minimum absolute atomic E-state index is 0.115. The van der Waals surface area contributed by atoms with Crippen molar-refractivity contribution in [1.82, 2.24) is 4.98 Å². The lowest BCUT2D eigenvalue weighted by atomic mass is 10.3. The topological polar surface area (TPSA) is 33.1 Å². The molecule has 0 bridgehead atoms. The van der Waals surface area contributed by atoms with Gasteiger partial charge in [-0.1, -0.05) is 0 Å². The number of alkyl halides is 2. The zero-order valence-corrected chi connectivity index (χ0v) is 7.85. The Hall–Kier alpha value is -0.620. The van der Waals surface area contributed by atoms with Crippen LogP contribution in [0.1, 0.15) is 17.8 Å². The maximum Gasteiger partial charge on any atom is 0.281 e. The van der Waals surface area contributed by atoms with Crippen LogP contribution in [0.15, 0.2) is 10.5 Å². The normalized spacial score (nSPS) is 10.9. The molecule has 0 aliphatic rings. The van der Waals surface area contributed by atoms with Crippen molar-refractivity contribution >= 4 is 15.9 Å². The van der Waals surface area contributed by atoms with E-state index in [1.54, 1.807) is 0 Å². The van der Waals surface area contributed by atoms with Gasteiger partial charge in [0.25, 0.3) is 6.43 Å². The number of halogens is 4. The summed E-state index contributed by atoms with van der Waals surface area (Å²) in [6, 6.07) is 0.899. The minimum Gasteiger partial charge on any atom is -0.390 e. The van der Waals surface area contributed by atoms with Crippen LogP contribution in [0.25, 0.3) is 0 Å². The molecule has 0 radical (unpaired) electrons. The van der Waals surface area contributed by atoms with Crippen LogP contribution in [0.4, 0.5) is 13.2 Å². The molecule has 72 valence electrons. The molecular formula is C7H5BrF3NO. The number of aliphatic hydroxyl groups excluding tert-OH is 1. The van der Waals surface area contributed by atoms with Gasteiger partial charge in [-0.15, -0.1) is 0 Å². The van der Waals surface area contributed by atoms with Crippen LogP contribution in [0.2, 0.25) is 0 Å². The summed E-state index contributed by atoms with van der Waals surface area (Å²) in [5.41, 5.74) is -0.806. The molecule has 1 heterocycles. The summed E-state index contributed by atoms with van der Waals surface area (Å²) in [6.45, 7) is -0.566. The smallest absolute Gasteiger partial charge is 0.281 e. The van der Waals surface area contributed by atoms with Crippen molar-refractivity contribution in [2.24, 2.45) is 0 Å². The fourth-order valence-electron chi connectivity index (χ4n) is 0.794. The summed E-state index contributed by atoms with van der Waals surface area (Å²) in [6.07, 6.45) is -2.87. The van der Waals surface area contributed by atoms with Crippen LogP contribution in [-0.4, -0.2) is 10.1 Å². The van der Waals surface area contributed by atoms with Crippen molar-refractivity contribution in [3.63, 3.8) is 0 Å². The second kappa shape index (κ2) is 4.06. The molecule has 0 fully saturated rings. The SMILES string of the molecule is OCc1cc(F)c(Br)c(C(F)F)n1. The molecule has 2 nitrogen and oxygen atoms in total. The first kappa shape index (κ1) is 10.5. The molecule has 0 saturated carbocycles. The summed E-state index contributed by atoms with van der Waals surface area (Å²) in [5.74, 6) is -0.852. The molecule has 0 amide bonds. The third-order valence-corrected chi connectivity index (χ3v) is 2.15. The molecule has 1 N–H and O–H groups in total. The van der Waals surface area contributed by atoms with E-state index in [-0.39, 0.29) is 10.2 Å². The van der Waals surface area contributed by atoms with Gasteiger partial charge < -0.3 is 5.11 Å². The Morgan fingerprint density at radius 1 is 1.54 bits per heavy atom. The minimum atomic E-state index is -2.87. The highest BCUT2D eigenvalue weighted by Crippen LogP contribution is 2.28. The van der Waals surface area contributed by atoms with E-state index in [1.165, 1.54) is 0 Å². The molecule has 0 aliphatic carbocycles. The van der Waals surface area contributed by atoms with E-state index in [0.29, 0.717) is 0 Å². The number of nitrogens with zero attached hydrogens (tertiary/aromatic N) is 1. The second-order valence-electron chi connectivity index (χ2n) is 2.25. The highest BCUT2D eigenvalue weighted by atomic mass is 79.9. The van der Waals surface area contributed by atoms with Crippen molar-refractivity contribution in [3.05, 3.63) is 27.7 Å². The Kier molecular flexibility index (Phi) is 3.27. The van der Waals surface area contributed by atoms with E-state index in [0.717, 1.165) is 6.07 Å². The summed E-state index contributed by atoms with van der Waals surface area (Å²) < 4.78 is 36.9.